The zero-order chi connectivity index (χ0) is 14.7. The molecule has 0 spiro atoms. The summed E-state index contributed by atoms with van der Waals surface area (Å²) in [6.45, 7) is 3.51. The summed E-state index contributed by atoms with van der Waals surface area (Å²) in [4.78, 5) is 13.6. The van der Waals surface area contributed by atoms with E-state index < -0.39 is 0 Å². The normalized spacial score (nSPS) is 11.5. The number of carbonyl (C=O) groups excluding carboxylic acids is 1. The second-order valence-electron chi connectivity index (χ2n) is 4.81. The predicted octanol–water partition coefficient (Wildman–Crippen LogP) is 1.46. The molecule has 0 aliphatic rings. The fourth-order valence-electron chi connectivity index (χ4n) is 1.78. The number of benzene rings is 1. The Kier molecular flexibility index (Phi) is 3.93. The summed E-state index contributed by atoms with van der Waals surface area (Å²) in [7, 11) is 3.70. The largest absolute Gasteiger partial charge is 0.383 e. The fourth-order valence-corrected chi connectivity index (χ4v) is 1.78. The molecule has 104 valence electrons. The Morgan fingerprint density at radius 3 is 2.45 bits per heavy atom. The van der Waals surface area contributed by atoms with Crippen molar-refractivity contribution in [3.8, 4) is 5.69 Å². The molecule has 0 atom stereocenters. The number of rotatable bonds is 4. The first kappa shape index (κ1) is 13.9. The Morgan fingerprint density at radius 2 is 1.90 bits per heavy atom. The van der Waals surface area contributed by atoms with Gasteiger partial charge in [0, 0.05) is 20.3 Å². The van der Waals surface area contributed by atoms with E-state index >= 15 is 0 Å². The first-order chi connectivity index (χ1) is 9.49. The first-order valence-electron chi connectivity index (χ1n) is 6.24. The van der Waals surface area contributed by atoms with Crippen molar-refractivity contribution in [3.63, 3.8) is 0 Å². The quantitative estimate of drug-likeness (QED) is 0.788. The summed E-state index contributed by atoms with van der Waals surface area (Å²) >= 11 is 0. The molecule has 0 aliphatic carbocycles. The molecule has 6 nitrogen and oxygen atoms in total. The van der Waals surface area contributed by atoms with Crippen molar-refractivity contribution >= 4 is 11.4 Å². The highest BCUT2D eigenvalue weighted by molar-refractivity contribution is 6.18. The van der Waals surface area contributed by atoms with Gasteiger partial charge in [0.1, 0.15) is 0 Å². The van der Waals surface area contributed by atoms with Crippen LogP contribution in [0.15, 0.2) is 30.5 Å². The van der Waals surface area contributed by atoms with Crippen LogP contribution in [0.25, 0.3) is 11.3 Å². The molecule has 0 amide bonds. The van der Waals surface area contributed by atoms with E-state index in [1.165, 1.54) is 6.92 Å². The van der Waals surface area contributed by atoms with Crippen molar-refractivity contribution in [1.82, 2.24) is 25.1 Å². The summed E-state index contributed by atoms with van der Waals surface area (Å²) in [6.07, 6.45) is 1.72. The van der Waals surface area contributed by atoms with Crippen molar-refractivity contribution in [2.24, 2.45) is 0 Å². The number of carbonyl (C=O) groups is 1. The number of hydrogen-bond donors (Lipinski definition) is 0. The number of ketones is 1. The molecule has 0 saturated heterocycles. The van der Waals surface area contributed by atoms with Crippen molar-refractivity contribution in [1.29, 1.82) is 0 Å². The van der Waals surface area contributed by atoms with Gasteiger partial charge in [0.15, 0.2) is 11.6 Å². The molecule has 0 bridgehead atoms. The molecule has 1 heterocycles. The Labute approximate surface area is 117 Å². The third kappa shape index (κ3) is 2.90. The summed E-state index contributed by atoms with van der Waals surface area (Å²) in [5, 5.41) is 11.6. The first-order valence-corrected chi connectivity index (χ1v) is 6.24. The summed E-state index contributed by atoms with van der Waals surface area (Å²) < 4.78 is 1.57. The minimum absolute atomic E-state index is 0.0816. The lowest BCUT2D eigenvalue weighted by Crippen LogP contribution is -2.11. The van der Waals surface area contributed by atoms with Crippen LogP contribution < -0.4 is 0 Å². The van der Waals surface area contributed by atoms with Gasteiger partial charge in [-0.25, -0.2) is 0 Å². The van der Waals surface area contributed by atoms with Gasteiger partial charge in [-0.1, -0.05) is 17.7 Å². The van der Waals surface area contributed by atoms with Gasteiger partial charge in [-0.2, -0.15) is 4.68 Å². The molecular weight excluding hydrogens is 254 g/mol. The molecule has 0 unspecified atom stereocenters. The van der Waals surface area contributed by atoms with Crippen LogP contribution in [0.1, 0.15) is 18.3 Å². The van der Waals surface area contributed by atoms with E-state index in [1.807, 2.05) is 45.3 Å². The smallest absolute Gasteiger partial charge is 0.192 e. The third-order valence-corrected chi connectivity index (χ3v) is 2.76. The van der Waals surface area contributed by atoms with Crippen LogP contribution in [0, 0.1) is 6.92 Å². The molecule has 20 heavy (non-hydrogen) atoms. The standard InChI is InChI=1S/C14H17N5O/c1-10-5-7-12(8-6-10)19-14(15-16-17-19)13(11(2)20)9-18(3)4/h5-9H,1-4H3. The maximum Gasteiger partial charge on any atom is 0.192 e. The second-order valence-corrected chi connectivity index (χ2v) is 4.81. The van der Waals surface area contributed by atoms with E-state index in [1.54, 1.807) is 15.8 Å². The molecular formula is C14H17N5O. The van der Waals surface area contributed by atoms with Gasteiger partial charge in [0.2, 0.25) is 0 Å². The molecule has 2 aromatic rings. The zero-order valence-electron chi connectivity index (χ0n) is 12.0. The van der Waals surface area contributed by atoms with Gasteiger partial charge < -0.3 is 4.90 Å². The number of hydrogen-bond acceptors (Lipinski definition) is 5. The lowest BCUT2D eigenvalue weighted by Gasteiger charge is -2.10. The van der Waals surface area contributed by atoms with Gasteiger partial charge in [-0.15, -0.1) is 5.10 Å². The summed E-state index contributed by atoms with van der Waals surface area (Å²) in [5.74, 6) is 0.358. The molecule has 0 radical (unpaired) electrons. The Balaban J connectivity index is 2.51. The molecule has 1 aromatic heterocycles. The minimum Gasteiger partial charge on any atom is -0.383 e. The third-order valence-electron chi connectivity index (χ3n) is 2.76. The van der Waals surface area contributed by atoms with Crippen LogP contribution >= 0.6 is 0 Å². The minimum atomic E-state index is -0.0816. The predicted molar refractivity (Wildman–Crippen MR) is 76.2 cm³/mol. The molecule has 0 aliphatic heterocycles. The van der Waals surface area contributed by atoms with Gasteiger partial charge in [-0.3, -0.25) is 4.79 Å². The van der Waals surface area contributed by atoms with Crippen molar-refractivity contribution in [3.05, 3.63) is 41.9 Å². The number of nitrogens with zero attached hydrogens (tertiary/aromatic N) is 5. The zero-order valence-corrected chi connectivity index (χ0v) is 12.0. The highest BCUT2D eigenvalue weighted by Crippen LogP contribution is 2.17. The maximum absolute atomic E-state index is 11.8. The van der Waals surface area contributed by atoms with Crippen LogP contribution in [-0.2, 0) is 4.79 Å². The van der Waals surface area contributed by atoms with Crippen LogP contribution in [-0.4, -0.2) is 45.0 Å². The van der Waals surface area contributed by atoms with E-state index in [2.05, 4.69) is 15.5 Å². The number of tetrazole rings is 1. The van der Waals surface area contributed by atoms with Gasteiger partial charge in [-0.05, 0) is 36.4 Å². The highest BCUT2D eigenvalue weighted by atomic mass is 16.1. The lowest BCUT2D eigenvalue weighted by atomic mass is 10.1. The van der Waals surface area contributed by atoms with Crippen molar-refractivity contribution in [2.75, 3.05) is 14.1 Å². The number of aromatic nitrogens is 4. The number of Topliss-reactive ketones (excluding diaryl/α,β-unsaturated/α-hetero) is 1. The Bertz CT molecular complexity index is 640. The average Bonchev–Trinajstić information content (AvgIpc) is 2.85. The van der Waals surface area contributed by atoms with Gasteiger partial charge >= 0.3 is 0 Å². The van der Waals surface area contributed by atoms with E-state index in [0.29, 0.717) is 11.4 Å². The molecule has 6 heteroatoms. The van der Waals surface area contributed by atoms with Gasteiger partial charge in [0.05, 0.1) is 11.3 Å². The van der Waals surface area contributed by atoms with E-state index in [4.69, 9.17) is 0 Å². The van der Waals surface area contributed by atoms with Gasteiger partial charge in [0.25, 0.3) is 0 Å². The number of allylic oxidation sites excluding steroid dienone is 1. The molecule has 0 fully saturated rings. The Morgan fingerprint density at radius 1 is 1.25 bits per heavy atom. The van der Waals surface area contributed by atoms with Crippen LogP contribution in [0.3, 0.4) is 0 Å². The van der Waals surface area contributed by atoms with Crippen molar-refractivity contribution in [2.45, 2.75) is 13.8 Å². The molecule has 1 aromatic carbocycles. The van der Waals surface area contributed by atoms with Crippen LogP contribution in [0.4, 0.5) is 0 Å². The highest BCUT2D eigenvalue weighted by Gasteiger charge is 2.17. The van der Waals surface area contributed by atoms with Crippen molar-refractivity contribution < 1.29 is 4.79 Å². The Hall–Kier alpha value is -2.50. The van der Waals surface area contributed by atoms with E-state index in [-0.39, 0.29) is 5.78 Å². The second kappa shape index (κ2) is 5.64. The van der Waals surface area contributed by atoms with E-state index in [0.717, 1.165) is 11.3 Å². The fraction of sp³-hybridized carbons (Fsp3) is 0.286. The number of aryl methyl sites for hydroxylation is 1. The lowest BCUT2D eigenvalue weighted by molar-refractivity contribution is -0.111. The molecule has 2 rings (SSSR count). The average molecular weight is 271 g/mol. The topological polar surface area (TPSA) is 63.9 Å². The summed E-state index contributed by atoms with van der Waals surface area (Å²) in [5.41, 5.74) is 2.45. The molecule has 0 N–H and O–H groups in total. The van der Waals surface area contributed by atoms with Crippen LogP contribution in [0.5, 0.6) is 0 Å². The van der Waals surface area contributed by atoms with E-state index in [9.17, 15) is 4.79 Å². The molecule has 0 saturated carbocycles. The van der Waals surface area contributed by atoms with Crippen LogP contribution in [0.2, 0.25) is 0 Å². The monoisotopic (exact) mass is 271 g/mol. The maximum atomic E-state index is 11.8. The summed E-state index contributed by atoms with van der Waals surface area (Å²) in [6, 6.07) is 7.79. The SMILES string of the molecule is CC(=O)C(=CN(C)C)c1nnnn1-c1ccc(C)cc1.